The molecule has 0 fully saturated rings. The third-order valence-corrected chi connectivity index (χ3v) is 24.8. The summed E-state index contributed by atoms with van der Waals surface area (Å²) in [7, 11) is -7.28. The van der Waals surface area contributed by atoms with Crippen LogP contribution in [0.5, 0.6) is 0 Å². The largest absolute Gasteiger partial charge is 1.00 e. The van der Waals surface area contributed by atoms with E-state index in [1.807, 2.05) is 159 Å². The molecule has 0 aliphatic heterocycles. The zero-order valence-electron chi connectivity index (χ0n) is 72.1. The standard InChI is InChI=1S/C41H35ClN6O.C28H27ClN8O2S.C22H21ClN6O.C6H8N2O2S/c1-2-3-23-38-43-39(42)37(29-49)47(38)28-30-24-26-31(27-25-30)35-21-13-14-22-36(35)40-44-46-48(45-40)41(32-15-7-4-8-16-32,33-17-9-5-10-18-33)34-19-11-6-12-20-34;1-2-3-13-26-31-27(29)25(18-30-36-40(38,39)22-9-5-4-6-10-22)37(26)19-20-14-16-21(17-15-20)23-11-7-8-12-24(23)28-32-34-35-33-28;1-2-3-8-20-24-21(23)19(14-30)29(20)13-15-9-11-16(12-10-15)17-6-4-5-7-18(17)22-25-27-28-26-22;7-8-11(9,10)6-4-2-1-3-5-6/h4-22,24-27,29H,2-3,23,28H2,1H3;4-12,14-18,36H,2-3,13,19H2,1H3,(H,32,33,34,35);4-7,9-12,14H,2-3,8,13H2,1H3,(H,25,26,27,28);1-5,8H,7H2/p+1. The number of sulfonamides is 2. The van der Waals surface area contributed by atoms with E-state index in [1.165, 1.54) is 30.5 Å². The third kappa shape index (κ3) is 21.8. The molecule has 11 aromatic carbocycles. The molecule has 6 aromatic heterocycles. The number of hydrogen-bond donors (Lipinski definition) is 5. The second-order valence-corrected chi connectivity index (χ2v) is 34.4. The predicted molar refractivity (Wildman–Crippen MR) is 505 cm³/mol. The molecule has 0 bridgehead atoms. The highest BCUT2D eigenvalue weighted by molar-refractivity contribution is 7.89. The summed E-state index contributed by atoms with van der Waals surface area (Å²) in [6, 6.07) is 95.6. The molecule has 0 spiro atoms. The number of imidazole rings is 3. The second kappa shape index (κ2) is 44.0. The van der Waals surface area contributed by atoms with Crippen molar-refractivity contribution in [1.82, 2.24) is 99.8 Å². The first-order chi connectivity index (χ1) is 63.5. The van der Waals surface area contributed by atoms with E-state index in [4.69, 9.17) is 56.1 Å². The van der Waals surface area contributed by atoms with Crippen LogP contribution in [0, 0.1) is 0 Å². The zero-order valence-corrected chi connectivity index (χ0v) is 75.0. The van der Waals surface area contributed by atoms with Crippen LogP contribution in [0.1, 0.15) is 138 Å². The third-order valence-electron chi connectivity index (χ3n) is 21.5. The van der Waals surface area contributed by atoms with Crippen molar-refractivity contribution >= 4 is 73.6 Å². The number of hydrogen-bond acceptors (Lipinski definition) is 20. The number of carbonyl (C=O) groups is 2. The molecule has 17 aromatic rings. The fourth-order valence-electron chi connectivity index (χ4n) is 15.0. The van der Waals surface area contributed by atoms with Gasteiger partial charge >= 0.3 is 1.43 Å². The van der Waals surface area contributed by atoms with E-state index in [-0.39, 0.29) is 26.7 Å². The molecule has 17 rings (SSSR count). The van der Waals surface area contributed by atoms with Crippen molar-refractivity contribution in [2.45, 2.75) is 114 Å². The lowest BCUT2D eigenvalue weighted by atomic mass is 9.77. The van der Waals surface area contributed by atoms with Crippen molar-refractivity contribution < 1.29 is 27.9 Å². The summed E-state index contributed by atoms with van der Waals surface area (Å²) in [5, 5.41) is 48.1. The Morgan fingerprint density at radius 2 is 0.715 bits per heavy atom. The van der Waals surface area contributed by atoms with Crippen LogP contribution < -0.4 is 15.5 Å². The molecule has 0 atom stereocenters. The van der Waals surface area contributed by atoms with E-state index >= 15 is 0 Å². The Hall–Kier alpha value is -14.2. The number of carbonyl (C=O) groups excluding carboxylic acids is 2. The molecular formula is C97H92Cl3N22O6S2+. The topological polar surface area (TPSA) is 371 Å². The van der Waals surface area contributed by atoms with Crippen molar-refractivity contribution in [3.63, 3.8) is 0 Å². The number of H-pyrrole nitrogens is 2. The number of tetrazole rings is 3. The number of aromatic amines is 2. The predicted octanol–water partition coefficient (Wildman–Crippen LogP) is 18.5. The number of nitrogens with zero attached hydrogens (tertiary/aromatic N) is 17. The van der Waals surface area contributed by atoms with Crippen molar-refractivity contribution in [2.75, 3.05) is 0 Å². The summed E-state index contributed by atoms with van der Waals surface area (Å²) in [6.07, 6.45) is 11.3. The molecule has 0 aliphatic carbocycles. The van der Waals surface area contributed by atoms with Crippen molar-refractivity contribution in [3.8, 4) is 67.5 Å². The lowest BCUT2D eigenvalue weighted by molar-refractivity contribution is 0.110. The molecule has 0 amide bonds. The van der Waals surface area contributed by atoms with Gasteiger partial charge in [0.2, 0.25) is 17.5 Å². The monoisotopic (exact) mass is 1830 g/mol. The van der Waals surface area contributed by atoms with Gasteiger partial charge in [-0.2, -0.15) is 28.8 Å². The van der Waals surface area contributed by atoms with Crippen LogP contribution in [0.2, 0.25) is 15.5 Å². The quantitative estimate of drug-likeness (QED) is 0.00838. The van der Waals surface area contributed by atoms with Crippen molar-refractivity contribution in [1.29, 1.82) is 0 Å². The van der Waals surface area contributed by atoms with E-state index in [0.29, 0.717) is 54.2 Å². The van der Waals surface area contributed by atoms with Crippen LogP contribution in [0.3, 0.4) is 0 Å². The van der Waals surface area contributed by atoms with Crippen LogP contribution in [0.4, 0.5) is 0 Å². The van der Waals surface area contributed by atoms with E-state index in [9.17, 15) is 26.4 Å². The number of hydrazine groups is 1. The first kappa shape index (κ1) is 92.0. The lowest BCUT2D eigenvalue weighted by Crippen LogP contribution is -2.39. The zero-order chi connectivity index (χ0) is 90.8. The number of aromatic nitrogens is 18. The number of aryl methyl sites for hydroxylation is 3. The SMILES string of the molecule is CCCCc1nc(Cl)c(C=NNS(=O)(=O)c2ccccc2)n1Cc1ccc(-c2ccccc2-c2nn[nH]n2)cc1.CCCCc1nc(Cl)c(C=O)n1Cc1ccc(-c2ccccc2-c2nn[nH]n2)cc1.CCCCc1nc(Cl)c(C=O)n1Cc1ccc(-c2ccccc2-c2nnn(C(c3ccccc3)(c3ccccc3)c3ccccc3)n2)cc1.NNS(=O)(=O)c1ccccc1.[H+]. The summed E-state index contributed by atoms with van der Waals surface area (Å²) in [5.74, 6) is 8.89. The van der Waals surface area contributed by atoms with Gasteiger partial charge in [-0.3, -0.25) is 15.4 Å². The van der Waals surface area contributed by atoms with E-state index in [0.717, 1.165) is 171 Å². The first-order valence-corrected chi connectivity index (χ1v) is 46.1. The van der Waals surface area contributed by atoms with Crippen LogP contribution >= 0.6 is 34.8 Å². The summed E-state index contributed by atoms with van der Waals surface area (Å²) < 4.78 is 52.9. The second-order valence-electron chi connectivity index (χ2n) is 29.9. The Labute approximate surface area is 768 Å². The van der Waals surface area contributed by atoms with Gasteiger partial charge in [0.25, 0.3) is 20.0 Å². The van der Waals surface area contributed by atoms with Crippen LogP contribution in [-0.4, -0.2) is 126 Å². The van der Waals surface area contributed by atoms with E-state index < -0.39 is 25.6 Å². The average Bonchev–Trinajstić information content (AvgIpc) is 1.66. The summed E-state index contributed by atoms with van der Waals surface area (Å²) in [5.41, 5.74) is 15.4. The molecule has 33 heteroatoms. The normalized spacial score (nSPS) is 11.4. The maximum atomic E-state index is 12.6. The molecular weight excluding hydrogens is 1740 g/mol. The molecule has 0 radical (unpaired) electrons. The Morgan fingerprint density at radius 3 is 1.05 bits per heavy atom. The average molecular weight is 1830 g/mol. The molecule has 0 unspecified atom stereocenters. The van der Waals surface area contributed by atoms with Crippen LogP contribution in [-0.2, 0) is 64.5 Å². The highest BCUT2D eigenvalue weighted by Gasteiger charge is 2.41. The number of nitrogens with two attached hydrogens (primary N) is 1. The summed E-state index contributed by atoms with van der Waals surface area (Å²) in [6.45, 7) is 7.90. The van der Waals surface area contributed by atoms with E-state index in [2.05, 4.69) is 178 Å². The van der Waals surface area contributed by atoms with Gasteiger partial charge in [-0.25, -0.2) is 28.2 Å². The maximum Gasteiger partial charge on any atom is 1.00 e. The Morgan fingerprint density at radius 1 is 0.400 bits per heavy atom. The Kier molecular flexibility index (Phi) is 31.1. The molecule has 0 aliphatic rings. The Balaban J connectivity index is 0.000000161. The minimum atomic E-state index is -3.81. The van der Waals surface area contributed by atoms with E-state index in [1.54, 1.807) is 46.0 Å². The highest BCUT2D eigenvalue weighted by atomic mass is 35.5. The van der Waals surface area contributed by atoms with Gasteiger partial charge in [0.1, 0.15) is 34.6 Å². The molecule has 6 N–H and O–H groups in total. The number of aldehydes is 2. The van der Waals surface area contributed by atoms with Gasteiger partial charge in [0.05, 0.1) is 16.0 Å². The smallest absolute Gasteiger partial charge is 0.321 e. The number of benzene rings is 11. The molecule has 6 heterocycles. The van der Waals surface area contributed by atoms with Gasteiger partial charge in [-0.05, 0) is 126 Å². The lowest BCUT2D eigenvalue weighted by Gasteiger charge is -2.34. The summed E-state index contributed by atoms with van der Waals surface area (Å²) in [4.78, 5) is 42.9. The molecule has 130 heavy (non-hydrogen) atoms. The molecule has 658 valence electrons. The van der Waals surface area contributed by atoms with Crippen molar-refractivity contribution in [3.05, 3.63) is 381 Å². The molecule has 0 saturated heterocycles. The maximum absolute atomic E-state index is 12.6. The number of rotatable bonds is 33. The Bertz CT molecular complexity index is 6750. The van der Waals surface area contributed by atoms with Gasteiger partial charge in [0.15, 0.2) is 33.6 Å². The van der Waals surface area contributed by atoms with Crippen LogP contribution in [0.15, 0.2) is 312 Å². The van der Waals surface area contributed by atoms with Gasteiger partial charge in [0, 0.05) is 55.6 Å². The minimum absolute atomic E-state index is 0. The number of unbranched alkanes of at least 4 members (excludes halogenated alkanes) is 3. The van der Waals surface area contributed by atoms with Gasteiger partial charge in [-0.1, -0.05) is 348 Å². The van der Waals surface area contributed by atoms with Crippen LogP contribution in [0.25, 0.3) is 67.5 Å². The number of halogens is 3. The van der Waals surface area contributed by atoms with Gasteiger partial charge < -0.3 is 13.7 Å². The highest BCUT2D eigenvalue weighted by Crippen LogP contribution is 2.42. The summed E-state index contributed by atoms with van der Waals surface area (Å²) >= 11 is 19.0. The number of nitrogens with one attached hydrogen (secondary N) is 4. The molecule has 0 saturated carbocycles. The van der Waals surface area contributed by atoms with Gasteiger partial charge in [-0.15, -0.1) is 35.4 Å². The number of hydrazone groups is 1. The molecule has 28 nitrogen and oxygen atoms in total. The fourth-order valence-corrected chi connectivity index (χ4v) is 17.2. The minimum Gasteiger partial charge on any atom is -0.321 e. The van der Waals surface area contributed by atoms with Crippen molar-refractivity contribution in [2.24, 2.45) is 10.9 Å². The fraction of sp³-hybridized carbons (Fsp3) is 0.165. The first-order valence-electron chi connectivity index (χ1n) is 42.0.